The Morgan fingerprint density at radius 3 is 0.929 bits per heavy atom. The fraction of sp³-hybridized carbons (Fsp3) is 0. The summed E-state index contributed by atoms with van der Waals surface area (Å²) in [6.07, 6.45) is 6.70. The van der Waals surface area contributed by atoms with E-state index in [1.54, 1.807) is 24.8 Å². The maximum Gasteiger partial charge on any atom is 3.00 e. The molecule has 4 aromatic rings. The molecule has 14 nitrogen and oxygen atoms in total. The summed E-state index contributed by atoms with van der Waals surface area (Å²) < 4.78 is 34.0. The van der Waals surface area contributed by atoms with Gasteiger partial charge in [-0.1, -0.05) is 24.3 Å². The maximum atomic E-state index is 8.49. The molecule has 0 amide bonds. The monoisotopic (exact) mass is 667 g/mol. The Balaban J connectivity index is 0.000000355. The van der Waals surface area contributed by atoms with E-state index < -0.39 is 10.2 Å². The van der Waals surface area contributed by atoms with Crippen molar-refractivity contribution in [2.75, 3.05) is 0 Å². The molecule has 0 spiro atoms. The summed E-state index contributed by atoms with van der Waals surface area (Å²) in [5.41, 5.74) is 14.3. The molecule has 0 saturated heterocycles. The van der Waals surface area contributed by atoms with Gasteiger partial charge < -0.3 is 36.7 Å². The molecule has 0 fully saturated rings. The van der Waals surface area contributed by atoms with Crippen LogP contribution in [0.25, 0.3) is 0 Å². The summed E-state index contributed by atoms with van der Waals surface area (Å²) in [6, 6.07) is 22.0. The van der Waals surface area contributed by atoms with Gasteiger partial charge in [0.05, 0.1) is 22.8 Å². The third kappa shape index (κ3) is 15.1. The van der Waals surface area contributed by atoms with Crippen LogP contribution >= 0.6 is 0 Å². The van der Waals surface area contributed by atoms with Crippen LogP contribution in [-0.2, 0) is 42.3 Å². The quantitative estimate of drug-likeness (QED) is 0.0708. The minimum absolute atomic E-state index is 0. The zero-order valence-corrected chi connectivity index (χ0v) is 24.6. The smallest absolute Gasteiger partial charge is 0.741 e. The zero-order valence-electron chi connectivity index (χ0n) is 21.2. The molecule has 4 aromatic heterocycles. The molecule has 4 rings (SSSR count). The Kier molecular flexibility index (Phi) is 16.4. The Labute approximate surface area is 264 Å². The molecule has 0 bridgehead atoms. The van der Waals surface area contributed by atoms with Crippen molar-refractivity contribution in [3.8, 4) is 0 Å². The first-order chi connectivity index (χ1) is 19.5. The minimum atomic E-state index is -4.94. The average molecular weight is 668 g/mol. The average Bonchev–Trinajstić information content (AvgIpc) is 2.95. The number of amidine groups is 2. The molecule has 0 saturated carbocycles. The van der Waals surface area contributed by atoms with Crippen LogP contribution in [0.1, 0.15) is 22.8 Å². The number of nitrogens with zero attached hydrogens (tertiary/aromatic N) is 8. The van der Waals surface area contributed by atoms with E-state index >= 15 is 0 Å². The normalized spacial score (nSPS) is 10.9. The van der Waals surface area contributed by atoms with Gasteiger partial charge in [-0.05, 0) is 58.9 Å². The van der Waals surface area contributed by atoms with Crippen molar-refractivity contribution < 1.29 is 45.9 Å². The number of halogens is 1. The van der Waals surface area contributed by atoms with Crippen LogP contribution in [0.15, 0.2) is 118 Å². The Morgan fingerprint density at radius 1 is 0.524 bits per heavy atom. The molecule has 4 N–H and O–H groups in total. The molecule has 42 heavy (non-hydrogen) atoms. The van der Waals surface area contributed by atoms with Gasteiger partial charge in [0.1, 0.15) is 11.4 Å². The van der Waals surface area contributed by atoms with E-state index in [9.17, 15) is 0 Å². The first-order valence-electron chi connectivity index (χ1n) is 11.0. The number of hydrogen-bond acceptors (Lipinski definition) is 14. The van der Waals surface area contributed by atoms with Crippen molar-refractivity contribution >= 4 is 47.0 Å². The third-order valence-electron chi connectivity index (χ3n) is 4.13. The van der Waals surface area contributed by atoms with Crippen LogP contribution in [-0.4, -0.2) is 41.7 Å². The largest absolute Gasteiger partial charge is 3.00 e. The van der Waals surface area contributed by atoms with E-state index in [0.717, 1.165) is 0 Å². The van der Waals surface area contributed by atoms with Crippen LogP contribution in [0.4, 0.5) is 0 Å². The van der Waals surface area contributed by atoms with E-state index in [-0.39, 0.29) is 27.4 Å². The molecule has 18 heteroatoms. The molecule has 0 aliphatic rings. The van der Waals surface area contributed by atoms with E-state index in [2.05, 4.69) is 65.6 Å². The van der Waals surface area contributed by atoms with Crippen LogP contribution in [0.5, 0.6) is 0 Å². The molecular weight excluding hydrogens is 648 g/mol. The molecule has 0 aromatic carbocycles. The molecule has 4 heterocycles. The number of pyridine rings is 4. The molecule has 0 aliphatic carbocycles. The van der Waals surface area contributed by atoms with Gasteiger partial charge in [0, 0.05) is 24.8 Å². The van der Waals surface area contributed by atoms with Gasteiger partial charge in [0.2, 0.25) is 0 Å². The number of rotatable bonds is 6. The summed E-state index contributed by atoms with van der Waals surface area (Å²) in [5, 5.41) is 15.4. The Bertz CT molecular complexity index is 1260. The van der Waals surface area contributed by atoms with Gasteiger partial charge in [-0.25, -0.2) is 18.6 Å². The standard InChI is InChI=1S/2C12H11N5S.ClHO4.Fe/c2*13-12(18)17-16-11(9-5-1-3-7-14-9)10-6-2-4-8-15-10;2-1(3,4)5;/h2*1-8H,(H3,13,17,18);(H,2,3,4,5);/q;;;+3/p-3. The van der Waals surface area contributed by atoms with Crippen LogP contribution in [0.2, 0.25) is 0 Å². The molecule has 0 aliphatic heterocycles. The van der Waals surface area contributed by atoms with E-state index in [0.29, 0.717) is 34.2 Å². The second-order valence-corrected chi connectivity index (χ2v) is 8.60. The van der Waals surface area contributed by atoms with Gasteiger partial charge >= 0.3 is 17.1 Å². The minimum Gasteiger partial charge on any atom is -0.741 e. The fourth-order valence-corrected chi connectivity index (χ4v) is 2.76. The summed E-state index contributed by atoms with van der Waals surface area (Å²) in [6.45, 7) is 0. The van der Waals surface area contributed by atoms with Gasteiger partial charge in [-0.2, -0.15) is 10.2 Å². The van der Waals surface area contributed by atoms with Gasteiger partial charge in [0.15, 0.2) is 0 Å². The van der Waals surface area contributed by atoms with E-state index in [4.69, 9.17) is 30.1 Å². The Morgan fingerprint density at radius 2 is 0.762 bits per heavy atom. The fourth-order valence-electron chi connectivity index (χ4n) is 2.68. The predicted molar refractivity (Wildman–Crippen MR) is 146 cm³/mol. The van der Waals surface area contributed by atoms with Crippen LogP contribution in [0.3, 0.4) is 0 Å². The SMILES string of the molecule is N/C([S-])=N/N=C(c1ccccn1)c1ccccn1.N/C([S-])=N/N=C(c1ccccn1)c1ccccn1.[Fe+3].[O-][Cl+3]([O-])([O-])[O-]. The summed E-state index contributed by atoms with van der Waals surface area (Å²) in [7, 11) is -4.94. The maximum absolute atomic E-state index is 8.49. The summed E-state index contributed by atoms with van der Waals surface area (Å²) >= 11 is 9.35. The predicted octanol–water partition coefficient (Wildman–Crippen LogP) is -2.58. The molecule has 0 atom stereocenters. The van der Waals surface area contributed by atoms with Crippen LogP contribution < -0.4 is 30.1 Å². The van der Waals surface area contributed by atoms with Gasteiger partial charge in [-0.15, -0.1) is 20.4 Å². The van der Waals surface area contributed by atoms with Crippen molar-refractivity contribution in [3.05, 3.63) is 120 Å². The van der Waals surface area contributed by atoms with Crippen LogP contribution in [0, 0.1) is 10.2 Å². The number of nitrogens with two attached hydrogens (primary N) is 2. The number of aromatic nitrogens is 4. The van der Waals surface area contributed by atoms with Crippen molar-refractivity contribution in [1.82, 2.24) is 19.9 Å². The first-order valence-corrected chi connectivity index (χ1v) is 13.0. The van der Waals surface area contributed by atoms with Gasteiger partial charge in [0.25, 0.3) is 0 Å². The molecule has 217 valence electrons. The zero-order chi connectivity index (χ0) is 30.1. The van der Waals surface area contributed by atoms with Gasteiger partial charge in [-0.3, -0.25) is 19.9 Å². The summed E-state index contributed by atoms with van der Waals surface area (Å²) in [5.74, 6) is 0. The Hall–Kier alpha value is -4.03. The van der Waals surface area contributed by atoms with Crippen molar-refractivity contribution in [2.24, 2.45) is 31.9 Å². The summed E-state index contributed by atoms with van der Waals surface area (Å²) in [4.78, 5) is 16.9. The van der Waals surface area contributed by atoms with Crippen molar-refractivity contribution in [1.29, 1.82) is 0 Å². The van der Waals surface area contributed by atoms with E-state index in [1.165, 1.54) is 0 Å². The molecule has 1 radical (unpaired) electrons. The second kappa shape index (κ2) is 19.2. The molecule has 0 unspecified atom stereocenters. The van der Waals surface area contributed by atoms with E-state index in [1.807, 2.05) is 72.8 Å². The second-order valence-electron chi connectivity index (χ2n) is 7.01. The van der Waals surface area contributed by atoms with Crippen molar-refractivity contribution in [3.63, 3.8) is 0 Å². The third-order valence-corrected chi connectivity index (χ3v) is 4.29. The topological polar surface area (TPSA) is 245 Å². The number of hydrogen-bond donors (Lipinski definition) is 2. The molecular formula is C24H20ClFeN10O4S2. The first kappa shape index (κ1) is 36.0. The van der Waals surface area contributed by atoms with Crippen molar-refractivity contribution in [2.45, 2.75) is 0 Å².